The maximum absolute atomic E-state index is 10.0. The molecule has 126 valence electrons. The molecule has 0 radical (unpaired) electrons. The summed E-state index contributed by atoms with van der Waals surface area (Å²) in [5.41, 5.74) is 3.64. The summed E-state index contributed by atoms with van der Waals surface area (Å²) in [6.07, 6.45) is 3.28. The first kappa shape index (κ1) is 18.0. The fourth-order valence-corrected chi connectivity index (χ4v) is 3.11. The normalized spacial score (nSPS) is 12.8. The average Bonchev–Trinajstić information content (AvgIpc) is 2.96. The molecule has 0 amide bonds. The number of hydrogen-bond donors (Lipinski definition) is 1. The summed E-state index contributed by atoms with van der Waals surface area (Å²) >= 11 is 1.55. The highest BCUT2D eigenvalue weighted by Gasteiger charge is 2.12. The Hall–Kier alpha value is -1.30. The van der Waals surface area contributed by atoms with Crippen molar-refractivity contribution < 1.29 is 9.84 Å². The number of rotatable bonds is 8. The molecule has 1 atom stereocenters. The Bertz CT molecular complexity index is 625. The number of aromatic nitrogens is 2. The molecule has 4 nitrogen and oxygen atoms in total. The second kappa shape index (κ2) is 8.52. The van der Waals surface area contributed by atoms with Crippen LogP contribution in [0.15, 0.2) is 35.7 Å². The number of aliphatic hydroxyl groups excluding tert-OH is 1. The van der Waals surface area contributed by atoms with E-state index in [1.54, 1.807) is 18.0 Å². The number of thioether (sulfide) groups is 1. The summed E-state index contributed by atoms with van der Waals surface area (Å²) in [6, 6.07) is 6.26. The van der Waals surface area contributed by atoms with E-state index in [-0.39, 0.29) is 0 Å². The zero-order chi connectivity index (χ0) is 16.8. The zero-order valence-electron chi connectivity index (χ0n) is 14.3. The molecule has 0 saturated heterocycles. The lowest BCUT2D eigenvalue weighted by Crippen LogP contribution is -2.20. The van der Waals surface area contributed by atoms with Gasteiger partial charge in [0.1, 0.15) is 0 Å². The Morgan fingerprint density at radius 2 is 2.04 bits per heavy atom. The minimum Gasteiger partial charge on any atom is -0.390 e. The molecule has 1 N–H and O–H groups in total. The number of nitrogens with zero attached hydrogens (tertiary/aromatic N) is 2. The first-order valence-corrected chi connectivity index (χ1v) is 8.96. The summed E-state index contributed by atoms with van der Waals surface area (Å²) in [6.45, 7) is 9.48. The second-order valence-corrected chi connectivity index (χ2v) is 7.18. The number of imidazole rings is 1. The number of benzene rings is 1. The average molecular weight is 334 g/mol. The van der Waals surface area contributed by atoms with Gasteiger partial charge in [0, 0.05) is 24.8 Å². The van der Waals surface area contributed by atoms with Gasteiger partial charge in [-0.25, -0.2) is 4.98 Å². The predicted octanol–water partition coefficient (Wildman–Crippen LogP) is 3.61. The third-order valence-corrected chi connectivity index (χ3v) is 4.72. The number of aryl methyl sites for hydroxylation is 1. The molecular weight excluding hydrogens is 308 g/mol. The van der Waals surface area contributed by atoms with Crippen LogP contribution in [0, 0.1) is 19.8 Å². The van der Waals surface area contributed by atoms with Crippen molar-refractivity contribution in [2.45, 2.75) is 39.0 Å². The van der Waals surface area contributed by atoms with Gasteiger partial charge in [-0.1, -0.05) is 37.7 Å². The van der Waals surface area contributed by atoms with Crippen LogP contribution in [0.25, 0.3) is 5.69 Å². The summed E-state index contributed by atoms with van der Waals surface area (Å²) in [5, 5.41) is 10.9. The van der Waals surface area contributed by atoms with Crippen molar-refractivity contribution in [1.29, 1.82) is 0 Å². The Labute approximate surface area is 142 Å². The monoisotopic (exact) mass is 334 g/mol. The molecule has 0 bridgehead atoms. The van der Waals surface area contributed by atoms with Crippen molar-refractivity contribution in [2.75, 3.05) is 19.0 Å². The van der Waals surface area contributed by atoms with Crippen molar-refractivity contribution >= 4 is 11.8 Å². The topological polar surface area (TPSA) is 47.3 Å². The molecule has 1 aromatic carbocycles. The van der Waals surface area contributed by atoms with Gasteiger partial charge in [0.2, 0.25) is 0 Å². The SMILES string of the molecule is Cc1cccc(-n2ccnc2SCC(O)COCC(C)C)c1C. The molecule has 0 saturated carbocycles. The van der Waals surface area contributed by atoms with Crippen LogP contribution in [-0.4, -0.2) is 39.7 Å². The lowest BCUT2D eigenvalue weighted by atomic mass is 10.1. The van der Waals surface area contributed by atoms with Crippen molar-refractivity contribution in [2.24, 2.45) is 5.92 Å². The van der Waals surface area contributed by atoms with Gasteiger partial charge in [-0.05, 0) is 37.0 Å². The van der Waals surface area contributed by atoms with Crippen LogP contribution in [0.4, 0.5) is 0 Å². The largest absolute Gasteiger partial charge is 0.390 e. The van der Waals surface area contributed by atoms with Crippen LogP contribution in [0.2, 0.25) is 0 Å². The lowest BCUT2D eigenvalue weighted by Gasteiger charge is -2.14. The number of hydrogen-bond acceptors (Lipinski definition) is 4. The molecule has 2 rings (SSSR count). The van der Waals surface area contributed by atoms with E-state index in [1.807, 2.05) is 6.20 Å². The first-order chi connectivity index (χ1) is 11.0. The maximum atomic E-state index is 10.0. The fraction of sp³-hybridized carbons (Fsp3) is 0.500. The van der Waals surface area contributed by atoms with E-state index < -0.39 is 6.10 Å². The highest BCUT2D eigenvalue weighted by molar-refractivity contribution is 7.99. The van der Waals surface area contributed by atoms with E-state index in [4.69, 9.17) is 4.74 Å². The Morgan fingerprint density at radius 1 is 1.26 bits per heavy atom. The summed E-state index contributed by atoms with van der Waals surface area (Å²) < 4.78 is 7.56. The third-order valence-electron chi connectivity index (χ3n) is 3.61. The Kier molecular flexibility index (Phi) is 6.69. The molecular formula is C18H26N2O2S. The highest BCUT2D eigenvalue weighted by atomic mass is 32.2. The van der Waals surface area contributed by atoms with E-state index in [2.05, 4.69) is 55.4 Å². The quantitative estimate of drug-likeness (QED) is 0.749. The van der Waals surface area contributed by atoms with E-state index >= 15 is 0 Å². The molecule has 0 aliphatic carbocycles. The first-order valence-electron chi connectivity index (χ1n) is 7.97. The second-order valence-electron chi connectivity index (χ2n) is 6.19. The molecule has 23 heavy (non-hydrogen) atoms. The Balaban J connectivity index is 1.98. The van der Waals surface area contributed by atoms with Gasteiger partial charge in [-0.3, -0.25) is 4.57 Å². The number of aliphatic hydroxyl groups is 1. The molecule has 5 heteroatoms. The summed E-state index contributed by atoms with van der Waals surface area (Å²) in [4.78, 5) is 4.42. The molecule has 0 aliphatic heterocycles. The zero-order valence-corrected chi connectivity index (χ0v) is 15.1. The van der Waals surface area contributed by atoms with Gasteiger partial charge in [0.05, 0.1) is 18.4 Å². The van der Waals surface area contributed by atoms with Crippen molar-refractivity contribution in [3.8, 4) is 5.69 Å². The van der Waals surface area contributed by atoms with Crippen LogP contribution in [-0.2, 0) is 4.74 Å². The maximum Gasteiger partial charge on any atom is 0.172 e. The van der Waals surface area contributed by atoms with Crippen LogP contribution < -0.4 is 0 Å². The standard InChI is InChI=1S/C18H26N2O2S/c1-13(2)10-22-11-16(21)12-23-18-19-8-9-20(18)17-7-5-6-14(3)15(17)4/h5-9,13,16,21H,10-12H2,1-4H3. The molecule has 0 fully saturated rings. The molecule has 1 heterocycles. The minimum atomic E-state index is -0.484. The van der Waals surface area contributed by atoms with Gasteiger partial charge < -0.3 is 9.84 Å². The molecule has 1 unspecified atom stereocenters. The van der Waals surface area contributed by atoms with Crippen LogP contribution in [0.5, 0.6) is 0 Å². The van der Waals surface area contributed by atoms with E-state index in [1.165, 1.54) is 11.1 Å². The smallest absolute Gasteiger partial charge is 0.172 e. The Morgan fingerprint density at radius 3 is 2.78 bits per heavy atom. The molecule has 0 spiro atoms. The predicted molar refractivity (Wildman–Crippen MR) is 95.4 cm³/mol. The van der Waals surface area contributed by atoms with Crippen LogP contribution in [0.1, 0.15) is 25.0 Å². The molecule has 0 aliphatic rings. The van der Waals surface area contributed by atoms with Crippen molar-refractivity contribution in [1.82, 2.24) is 9.55 Å². The summed E-state index contributed by atoms with van der Waals surface area (Å²) in [7, 11) is 0. The molecule has 2 aromatic rings. The van der Waals surface area contributed by atoms with E-state index in [0.29, 0.717) is 24.9 Å². The number of ether oxygens (including phenoxy) is 1. The van der Waals surface area contributed by atoms with Gasteiger partial charge in [0.25, 0.3) is 0 Å². The van der Waals surface area contributed by atoms with Crippen LogP contribution >= 0.6 is 11.8 Å². The van der Waals surface area contributed by atoms with Crippen LogP contribution in [0.3, 0.4) is 0 Å². The van der Waals surface area contributed by atoms with Gasteiger partial charge >= 0.3 is 0 Å². The lowest BCUT2D eigenvalue weighted by molar-refractivity contribution is 0.0364. The van der Waals surface area contributed by atoms with Gasteiger partial charge in [0.15, 0.2) is 5.16 Å². The van der Waals surface area contributed by atoms with Gasteiger partial charge in [-0.15, -0.1) is 0 Å². The van der Waals surface area contributed by atoms with E-state index in [9.17, 15) is 5.11 Å². The van der Waals surface area contributed by atoms with Gasteiger partial charge in [-0.2, -0.15) is 0 Å². The highest BCUT2D eigenvalue weighted by Crippen LogP contribution is 2.24. The minimum absolute atomic E-state index is 0.370. The van der Waals surface area contributed by atoms with Crippen molar-refractivity contribution in [3.63, 3.8) is 0 Å². The molecule has 1 aromatic heterocycles. The van der Waals surface area contributed by atoms with Crippen molar-refractivity contribution in [3.05, 3.63) is 41.7 Å². The fourth-order valence-electron chi connectivity index (χ4n) is 2.24. The third kappa shape index (κ3) is 5.09. The summed E-state index contributed by atoms with van der Waals surface area (Å²) in [5.74, 6) is 1.05. The van der Waals surface area contributed by atoms with E-state index in [0.717, 1.165) is 10.8 Å².